The van der Waals surface area contributed by atoms with E-state index in [2.05, 4.69) is 15.2 Å². The van der Waals surface area contributed by atoms with Crippen LogP contribution < -0.4 is 15.0 Å². The average Bonchev–Trinajstić information content (AvgIpc) is 3.18. The van der Waals surface area contributed by atoms with E-state index in [1.54, 1.807) is 19.4 Å². The van der Waals surface area contributed by atoms with Crippen LogP contribution in [-0.4, -0.2) is 29.4 Å². The first kappa shape index (κ1) is 18.6. The predicted octanol–water partition coefficient (Wildman–Crippen LogP) is 4.67. The van der Waals surface area contributed by atoms with E-state index in [1.165, 1.54) is 0 Å². The molecule has 0 fully saturated rings. The van der Waals surface area contributed by atoms with Crippen LogP contribution in [0.15, 0.2) is 73.1 Å². The van der Waals surface area contributed by atoms with Crippen LogP contribution in [0, 0.1) is 6.92 Å². The molecule has 0 saturated carbocycles. The van der Waals surface area contributed by atoms with Gasteiger partial charge in [0.1, 0.15) is 17.4 Å². The Hall–Kier alpha value is -3.80. The van der Waals surface area contributed by atoms with Gasteiger partial charge in [-0.25, -0.2) is 4.98 Å². The van der Waals surface area contributed by atoms with Crippen molar-refractivity contribution in [2.75, 3.05) is 24.4 Å². The molecular weight excluding hydrogens is 364 g/mol. The van der Waals surface area contributed by atoms with Crippen molar-refractivity contribution in [3.05, 3.63) is 84.2 Å². The van der Waals surface area contributed by atoms with Crippen LogP contribution in [0.5, 0.6) is 5.75 Å². The summed E-state index contributed by atoms with van der Waals surface area (Å²) < 4.78 is 7.24. The highest BCUT2D eigenvalue weighted by atomic mass is 16.5. The Kier molecular flexibility index (Phi) is 4.91. The molecule has 0 unspecified atom stereocenters. The zero-order chi connectivity index (χ0) is 20.4. The third-order valence-corrected chi connectivity index (χ3v) is 4.85. The summed E-state index contributed by atoms with van der Waals surface area (Å²) >= 11 is 0. The first-order chi connectivity index (χ1) is 14.0. The Balaban J connectivity index is 1.63. The quantitative estimate of drug-likeness (QED) is 0.541. The number of carbonyl (C=O) groups excluding carboxylic acids is 1. The number of methoxy groups -OCH3 is 1. The number of nitrogens with one attached hydrogen (secondary N) is 1. The van der Waals surface area contributed by atoms with E-state index < -0.39 is 0 Å². The predicted molar refractivity (Wildman–Crippen MR) is 115 cm³/mol. The first-order valence-corrected chi connectivity index (χ1v) is 9.28. The van der Waals surface area contributed by atoms with Gasteiger partial charge in [-0.15, -0.1) is 0 Å². The molecule has 29 heavy (non-hydrogen) atoms. The van der Waals surface area contributed by atoms with Crippen LogP contribution in [0.4, 0.5) is 17.3 Å². The lowest BCUT2D eigenvalue weighted by Crippen LogP contribution is -2.15. The molecule has 4 rings (SSSR count). The Bertz CT molecular complexity index is 1150. The van der Waals surface area contributed by atoms with Gasteiger partial charge < -0.3 is 19.4 Å². The van der Waals surface area contributed by atoms with Gasteiger partial charge in [-0.05, 0) is 67.1 Å². The lowest BCUT2D eigenvalue weighted by Gasteiger charge is -2.20. The molecule has 3 aromatic heterocycles. The maximum Gasteiger partial charge on any atom is 0.258 e. The number of carbonyl (C=O) groups is 1. The standard InChI is InChI=1S/C23H22N4O2/c1-16-4-12-21(24-14-16)25-23(28)17-5-6-19-9-13-22(27(19)15-17)26(2)18-7-10-20(29-3)11-8-18/h4-15H,1-3H3,(H,24,25,28). The molecule has 1 N–H and O–H groups in total. The molecule has 4 aromatic rings. The SMILES string of the molecule is COc1ccc(N(C)c2ccc3ccc(C(=O)Nc4ccc(C)cn4)cn23)cc1. The molecule has 0 spiro atoms. The second-order valence-electron chi connectivity index (χ2n) is 6.84. The van der Waals surface area contributed by atoms with Crippen LogP contribution in [0.25, 0.3) is 5.52 Å². The van der Waals surface area contributed by atoms with Crippen LogP contribution in [-0.2, 0) is 0 Å². The minimum atomic E-state index is -0.199. The van der Waals surface area contributed by atoms with Crippen molar-refractivity contribution in [2.45, 2.75) is 6.92 Å². The zero-order valence-corrected chi connectivity index (χ0v) is 16.6. The van der Waals surface area contributed by atoms with Gasteiger partial charge in [0.25, 0.3) is 5.91 Å². The number of hydrogen-bond acceptors (Lipinski definition) is 4. The number of aryl methyl sites for hydroxylation is 1. The lowest BCUT2D eigenvalue weighted by molar-refractivity contribution is 0.102. The van der Waals surface area contributed by atoms with Crippen molar-refractivity contribution >= 4 is 28.7 Å². The van der Waals surface area contributed by atoms with Crippen molar-refractivity contribution in [1.29, 1.82) is 0 Å². The van der Waals surface area contributed by atoms with Gasteiger partial charge in [-0.3, -0.25) is 4.79 Å². The molecule has 0 aliphatic carbocycles. The zero-order valence-electron chi connectivity index (χ0n) is 16.6. The van der Waals surface area contributed by atoms with Crippen molar-refractivity contribution in [1.82, 2.24) is 9.38 Å². The van der Waals surface area contributed by atoms with Crippen LogP contribution >= 0.6 is 0 Å². The molecule has 0 saturated heterocycles. The average molecular weight is 386 g/mol. The Morgan fingerprint density at radius 3 is 2.48 bits per heavy atom. The molecule has 0 radical (unpaired) electrons. The summed E-state index contributed by atoms with van der Waals surface area (Å²) in [5.41, 5.74) is 3.62. The fourth-order valence-electron chi connectivity index (χ4n) is 3.16. The summed E-state index contributed by atoms with van der Waals surface area (Å²) in [7, 11) is 3.64. The number of aromatic nitrogens is 2. The van der Waals surface area contributed by atoms with Gasteiger partial charge in [0.15, 0.2) is 0 Å². The second-order valence-corrected chi connectivity index (χ2v) is 6.84. The molecule has 6 heteroatoms. The molecule has 0 bridgehead atoms. The maximum absolute atomic E-state index is 12.7. The number of pyridine rings is 2. The van der Waals surface area contributed by atoms with Gasteiger partial charge in [0.05, 0.1) is 12.7 Å². The van der Waals surface area contributed by atoms with E-state index in [1.807, 2.05) is 79.2 Å². The number of anilines is 3. The van der Waals surface area contributed by atoms with E-state index in [0.29, 0.717) is 11.4 Å². The maximum atomic E-state index is 12.7. The highest BCUT2D eigenvalue weighted by molar-refractivity contribution is 6.03. The topological polar surface area (TPSA) is 58.9 Å². The lowest BCUT2D eigenvalue weighted by atomic mass is 10.2. The smallest absolute Gasteiger partial charge is 0.258 e. The summed E-state index contributed by atoms with van der Waals surface area (Å²) in [5.74, 6) is 2.10. The number of amides is 1. The third kappa shape index (κ3) is 3.78. The number of hydrogen-bond donors (Lipinski definition) is 1. The Morgan fingerprint density at radius 2 is 1.79 bits per heavy atom. The number of benzene rings is 1. The van der Waals surface area contributed by atoms with Crippen LogP contribution in [0.3, 0.4) is 0 Å². The van der Waals surface area contributed by atoms with E-state index in [0.717, 1.165) is 28.3 Å². The minimum absolute atomic E-state index is 0.199. The number of fused-ring (bicyclic) bond motifs is 1. The molecule has 1 aromatic carbocycles. The molecular formula is C23H22N4O2. The van der Waals surface area contributed by atoms with E-state index in [9.17, 15) is 4.79 Å². The fourth-order valence-corrected chi connectivity index (χ4v) is 3.16. The summed E-state index contributed by atoms with van der Waals surface area (Å²) in [6, 6.07) is 19.4. The third-order valence-electron chi connectivity index (χ3n) is 4.85. The highest BCUT2D eigenvalue weighted by Crippen LogP contribution is 2.28. The minimum Gasteiger partial charge on any atom is -0.497 e. The second kappa shape index (κ2) is 7.67. The van der Waals surface area contributed by atoms with Crippen LogP contribution in [0.1, 0.15) is 15.9 Å². The molecule has 0 atom stereocenters. The summed E-state index contributed by atoms with van der Waals surface area (Å²) in [4.78, 5) is 19.0. The number of rotatable bonds is 5. The number of nitrogens with zero attached hydrogens (tertiary/aromatic N) is 3. The largest absolute Gasteiger partial charge is 0.497 e. The first-order valence-electron chi connectivity index (χ1n) is 9.28. The van der Waals surface area contributed by atoms with Crippen molar-refractivity contribution in [2.24, 2.45) is 0 Å². The van der Waals surface area contributed by atoms with Crippen molar-refractivity contribution in [3.8, 4) is 5.75 Å². The van der Waals surface area contributed by atoms with E-state index in [-0.39, 0.29) is 5.91 Å². The van der Waals surface area contributed by atoms with E-state index in [4.69, 9.17) is 4.74 Å². The summed E-state index contributed by atoms with van der Waals surface area (Å²) in [5, 5.41) is 2.84. The van der Waals surface area contributed by atoms with Crippen molar-refractivity contribution < 1.29 is 9.53 Å². The van der Waals surface area contributed by atoms with Gasteiger partial charge in [0, 0.05) is 30.6 Å². The molecule has 146 valence electrons. The van der Waals surface area contributed by atoms with Crippen molar-refractivity contribution in [3.63, 3.8) is 0 Å². The number of ether oxygens (including phenoxy) is 1. The molecule has 1 amide bonds. The monoisotopic (exact) mass is 386 g/mol. The van der Waals surface area contributed by atoms with E-state index >= 15 is 0 Å². The molecule has 0 aliphatic rings. The van der Waals surface area contributed by atoms with Gasteiger partial charge in [-0.2, -0.15) is 0 Å². The fraction of sp³-hybridized carbons (Fsp3) is 0.130. The normalized spacial score (nSPS) is 10.7. The summed E-state index contributed by atoms with van der Waals surface area (Å²) in [6.07, 6.45) is 3.57. The van der Waals surface area contributed by atoms with Gasteiger partial charge in [-0.1, -0.05) is 6.07 Å². The summed E-state index contributed by atoms with van der Waals surface area (Å²) in [6.45, 7) is 1.96. The van der Waals surface area contributed by atoms with Crippen LogP contribution in [0.2, 0.25) is 0 Å². The Morgan fingerprint density at radius 1 is 1.03 bits per heavy atom. The Labute approximate surface area is 169 Å². The van der Waals surface area contributed by atoms with Gasteiger partial charge >= 0.3 is 0 Å². The molecule has 6 nitrogen and oxygen atoms in total. The van der Waals surface area contributed by atoms with Gasteiger partial charge in [0.2, 0.25) is 0 Å². The molecule has 3 heterocycles. The molecule has 0 aliphatic heterocycles. The highest BCUT2D eigenvalue weighted by Gasteiger charge is 2.13.